The van der Waals surface area contributed by atoms with Gasteiger partial charge in [-0.25, -0.2) is 0 Å². The number of amides is 1. The molecule has 0 unspecified atom stereocenters. The van der Waals surface area contributed by atoms with Crippen molar-refractivity contribution in [3.63, 3.8) is 0 Å². The topological polar surface area (TPSA) is 87.6 Å². The first-order valence-electron chi connectivity index (χ1n) is 6.53. The van der Waals surface area contributed by atoms with Gasteiger partial charge in [0, 0.05) is 6.04 Å². The van der Waals surface area contributed by atoms with E-state index in [9.17, 15) is 4.79 Å². The largest absolute Gasteiger partial charge is 0.496 e. The van der Waals surface area contributed by atoms with E-state index < -0.39 is 5.91 Å². The number of carbonyl (C=O) groups is 1. The van der Waals surface area contributed by atoms with Gasteiger partial charge in [0.2, 0.25) is 0 Å². The average Bonchev–Trinajstić information content (AvgIpc) is 2.47. The Morgan fingerprint density at radius 3 is 2.29 bits per heavy atom. The Morgan fingerprint density at radius 2 is 1.67 bits per heavy atom. The van der Waals surface area contributed by atoms with E-state index >= 15 is 0 Å². The molecule has 110 valence electrons. The zero-order chi connectivity index (χ0) is 15.4. The molecule has 0 radical (unpaired) electrons. The second-order valence-corrected chi connectivity index (χ2v) is 4.62. The molecule has 2 aromatic rings. The van der Waals surface area contributed by atoms with Gasteiger partial charge in [0.15, 0.2) is 0 Å². The van der Waals surface area contributed by atoms with Crippen molar-refractivity contribution in [2.24, 2.45) is 11.5 Å². The molecule has 0 spiro atoms. The zero-order valence-corrected chi connectivity index (χ0v) is 12.0. The van der Waals surface area contributed by atoms with Crippen LogP contribution in [0.3, 0.4) is 0 Å². The van der Waals surface area contributed by atoms with Crippen LogP contribution in [0.25, 0.3) is 0 Å². The maximum Gasteiger partial charge on any atom is 0.252 e. The number of hydrogen-bond acceptors (Lipinski definition) is 4. The standard InChI is InChI=1S/C16H18N2O3/c1-10(17)15-13(20-2)8-5-9-14(15)21-12-7-4-3-6-11(12)16(18)19/h3-10H,17H2,1-2H3,(H2,18,19)/t10-/m0/s1. The third-order valence-electron chi connectivity index (χ3n) is 3.07. The SMILES string of the molecule is COc1cccc(Oc2ccccc2C(N)=O)c1[C@H](C)N. The van der Waals surface area contributed by atoms with Crippen LogP contribution in [0.2, 0.25) is 0 Å². The molecule has 1 atom stereocenters. The molecule has 4 N–H and O–H groups in total. The molecule has 0 aliphatic carbocycles. The highest BCUT2D eigenvalue weighted by Crippen LogP contribution is 2.36. The Balaban J connectivity index is 2.48. The Morgan fingerprint density at radius 1 is 1.05 bits per heavy atom. The highest BCUT2D eigenvalue weighted by Gasteiger charge is 2.17. The van der Waals surface area contributed by atoms with Crippen LogP contribution in [0.5, 0.6) is 17.2 Å². The number of primary amides is 1. The van der Waals surface area contributed by atoms with Gasteiger partial charge in [0.1, 0.15) is 17.2 Å². The molecule has 2 rings (SSSR count). The summed E-state index contributed by atoms with van der Waals surface area (Å²) in [7, 11) is 1.57. The molecule has 0 bridgehead atoms. The molecule has 5 heteroatoms. The zero-order valence-electron chi connectivity index (χ0n) is 12.0. The highest BCUT2D eigenvalue weighted by molar-refractivity contribution is 5.95. The van der Waals surface area contributed by atoms with Crippen molar-refractivity contribution < 1.29 is 14.3 Å². The second kappa shape index (κ2) is 6.28. The summed E-state index contributed by atoms with van der Waals surface area (Å²) in [4.78, 5) is 11.4. The van der Waals surface area contributed by atoms with Gasteiger partial charge in [-0.15, -0.1) is 0 Å². The van der Waals surface area contributed by atoms with Gasteiger partial charge < -0.3 is 20.9 Å². The lowest BCUT2D eigenvalue weighted by Crippen LogP contribution is -2.13. The summed E-state index contributed by atoms with van der Waals surface area (Å²) in [5.41, 5.74) is 12.4. The minimum atomic E-state index is -0.546. The van der Waals surface area contributed by atoms with E-state index in [1.807, 2.05) is 13.0 Å². The van der Waals surface area contributed by atoms with Crippen LogP contribution in [0, 0.1) is 0 Å². The molecule has 0 aliphatic heterocycles. The second-order valence-electron chi connectivity index (χ2n) is 4.62. The van der Waals surface area contributed by atoms with Crippen LogP contribution in [-0.4, -0.2) is 13.0 Å². The molecule has 0 fully saturated rings. The van der Waals surface area contributed by atoms with Crippen LogP contribution >= 0.6 is 0 Å². The number of ether oxygens (including phenoxy) is 2. The van der Waals surface area contributed by atoms with Crippen molar-refractivity contribution in [1.29, 1.82) is 0 Å². The number of nitrogens with two attached hydrogens (primary N) is 2. The third kappa shape index (κ3) is 3.14. The van der Waals surface area contributed by atoms with Gasteiger partial charge in [-0.05, 0) is 31.2 Å². The van der Waals surface area contributed by atoms with Crippen molar-refractivity contribution in [3.05, 3.63) is 53.6 Å². The lowest BCUT2D eigenvalue weighted by Gasteiger charge is -2.18. The lowest BCUT2D eigenvalue weighted by molar-refractivity contribution is 0.0998. The number of methoxy groups -OCH3 is 1. The van der Waals surface area contributed by atoms with E-state index in [-0.39, 0.29) is 6.04 Å². The minimum Gasteiger partial charge on any atom is -0.496 e. The van der Waals surface area contributed by atoms with E-state index in [1.165, 1.54) is 0 Å². The fourth-order valence-corrected chi connectivity index (χ4v) is 2.12. The Labute approximate surface area is 123 Å². The predicted octanol–water partition coefficient (Wildman–Crippen LogP) is 2.61. The fourth-order valence-electron chi connectivity index (χ4n) is 2.12. The number of para-hydroxylation sites is 1. The predicted molar refractivity (Wildman–Crippen MR) is 80.6 cm³/mol. The maximum absolute atomic E-state index is 11.4. The molecule has 21 heavy (non-hydrogen) atoms. The normalized spacial score (nSPS) is 11.8. The molecule has 0 saturated heterocycles. The Bertz CT molecular complexity index is 654. The number of carbonyl (C=O) groups excluding carboxylic acids is 1. The van der Waals surface area contributed by atoms with Gasteiger partial charge in [-0.1, -0.05) is 18.2 Å². The Kier molecular flexibility index (Phi) is 4.45. The summed E-state index contributed by atoms with van der Waals surface area (Å²) >= 11 is 0. The molecule has 0 heterocycles. The fraction of sp³-hybridized carbons (Fsp3) is 0.188. The van der Waals surface area contributed by atoms with Crippen LogP contribution < -0.4 is 20.9 Å². The van der Waals surface area contributed by atoms with E-state index in [1.54, 1.807) is 43.5 Å². The smallest absolute Gasteiger partial charge is 0.252 e. The molecule has 2 aromatic carbocycles. The summed E-state index contributed by atoms with van der Waals surface area (Å²) < 4.78 is 11.2. The number of benzene rings is 2. The number of rotatable bonds is 5. The minimum absolute atomic E-state index is 0.281. The van der Waals surface area contributed by atoms with Crippen LogP contribution in [0.4, 0.5) is 0 Å². The van der Waals surface area contributed by atoms with E-state index in [0.717, 1.165) is 5.56 Å². The van der Waals surface area contributed by atoms with E-state index in [4.69, 9.17) is 20.9 Å². The molecule has 0 saturated carbocycles. The van der Waals surface area contributed by atoms with Crippen LogP contribution in [0.1, 0.15) is 28.9 Å². The molecular formula is C16H18N2O3. The first-order valence-corrected chi connectivity index (χ1v) is 6.53. The quantitative estimate of drug-likeness (QED) is 0.884. The summed E-state index contributed by atoms with van der Waals surface area (Å²) in [5, 5.41) is 0. The van der Waals surface area contributed by atoms with Crippen molar-refractivity contribution >= 4 is 5.91 Å². The van der Waals surface area contributed by atoms with Gasteiger partial charge in [0.25, 0.3) is 5.91 Å². The summed E-state index contributed by atoms with van der Waals surface area (Å²) in [5.74, 6) is 1.02. The van der Waals surface area contributed by atoms with Gasteiger partial charge in [-0.3, -0.25) is 4.79 Å². The molecule has 0 aromatic heterocycles. The summed E-state index contributed by atoms with van der Waals surface area (Å²) in [6, 6.07) is 11.9. The summed E-state index contributed by atoms with van der Waals surface area (Å²) in [6.45, 7) is 1.84. The van der Waals surface area contributed by atoms with Gasteiger partial charge in [-0.2, -0.15) is 0 Å². The third-order valence-corrected chi connectivity index (χ3v) is 3.07. The van der Waals surface area contributed by atoms with Crippen molar-refractivity contribution in [2.75, 3.05) is 7.11 Å². The monoisotopic (exact) mass is 286 g/mol. The lowest BCUT2D eigenvalue weighted by atomic mass is 10.1. The first kappa shape index (κ1) is 14.9. The average molecular weight is 286 g/mol. The molecule has 1 amide bonds. The van der Waals surface area contributed by atoms with E-state index in [2.05, 4.69) is 0 Å². The van der Waals surface area contributed by atoms with E-state index in [0.29, 0.717) is 22.8 Å². The molecule has 5 nitrogen and oxygen atoms in total. The summed E-state index contributed by atoms with van der Waals surface area (Å²) in [6.07, 6.45) is 0. The van der Waals surface area contributed by atoms with Crippen molar-refractivity contribution in [2.45, 2.75) is 13.0 Å². The van der Waals surface area contributed by atoms with Crippen molar-refractivity contribution in [1.82, 2.24) is 0 Å². The molecular weight excluding hydrogens is 268 g/mol. The van der Waals surface area contributed by atoms with Crippen LogP contribution in [-0.2, 0) is 0 Å². The van der Waals surface area contributed by atoms with Gasteiger partial charge >= 0.3 is 0 Å². The van der Waals surface area contributed by atoms with Crippen LogP contribution in [0.15, 0.2) is 42.5 Å². The maximum atomic E-state index is 11.4. The number of hydrogen-bond donors (Lipinski definition) is 2. The Hall–Kier alpha value is -2.53. The van der Waals surface area contributed by atoms with Gasteiger partial charge in [0.05, 0.1) is 18.2 Å². The van der Waals surface area contributed by atoms with Crippen molar-refractivity contribution in [3.8, 4) is 17.2 Å². The first-order chi connectivity index (χ1) is 10.0. The molecule has 0 aliphatic rings. The highest BCUT2D eigenvalue weighted by atomic mass is 16.5.